The van der Waals surface area contributed by atoms with Gasteiger partial charge in [0.05, 0.1) is 19.1 Å². The highest BCUT2D eigenvalue weighted by molar-refractivity contribution is 7.17. The molecule has 1 atom stereocenters. The summed E-state index contributed by atoms with van der Waals surface area (Å²) in [4.78, 5) is 27.2. The zero-order valence-corrected chi connectivity index (χ0v) is 18.6. The number of hydrogen-bond acceptors (Lipinski definition) is 4. The number of nitrogens with one attached hydrogen (secondary N) is 2. The van der Waals surface area contributed by atoms with Crippen LogP contribution in [-0.2, 0) is 24.1 Å². The van der Waals surface area contributed by atoms with E-state index >= 15 is 0 Å². The Morgan fingerprint density at radius 1 is 1.06 bits per heavy atom. The minimum Gasteiger partial charge on any atom is -0.497 e. The molecule has 1 aliphatic carbocycles. The summed E-state index contributed by atoms with van der Waals surface area (Å²) in [7, 11) is 1.61. The Kier molecular flexibility index (Phi) is 6.37. The van der Waals surface area contributed by atoms with Crippen molar-refractivity contribution in [2.24, 2.45) is 5.92 Å². The fraction of sp³-hybridized carbons (Fsp3) is 0.280. The first-order valence-electron chi connectivity index (χ1n) is 10.5. The molecule has 0 aliphatic heterocycles. The standard InChI is InChI=1S/C25H26N2O3S/c1-16-8-13-20-21(14-16)31-25(27-22(28)15-17-6-4-3-5-7-17)23(20)24(29)26-18-9-11-19(30-2)12-10-18/h3-7,9-12,16H,8,13-15H2,1-2H3,(H,26,29)(H,27,28)/t16-/m0/s1. The Morgan fingerprint density at radius 2 is 1.81 bits per heavy atom. The van der Waals surface area contributed by atoms with Crippen molar-refractivity contribution in [1.82, 2.24) is 0 Å². The zero-order chi connectivity index (χ0) is 21.8. The van der Waals surface area contributed by atoms with E-state index in [1.54, 1.807) is 7.11 Å². The van der Waals surface area contributed by atoms with Crippen molar-refractivity contribution in [3.8, 4) is 5.75 Å². The molecule has 2 aromatic carbocycles. The van der Waals surface area contributed by atoms with E-state index in [1.807, 2.05) is 54.6 Å². The molecule has 0 radical (unpaired) electrons. The van der Waals surface area contributed by atoms with E-state index in [-0.39, 0.29) is 18.2 Å². The second-order valence-electron chi connectivity index (χ2n) is 7.95. The summed E-state index contributed by atoms with van der Waals surface area (Å²) in [5.74, 6) is 1.01. The van der Waals surface area contributed by atoms with Gasteiger partial charge in [0.1, 0.15) is 10.8 Å². The third-order valence-corrected chi connectivity index (χ3v) is 6.72. The topological polar surface area (TPSA) is 67.4 Å². The van der Waals surface area contributed by atoms with Crippen LogP contribution in [0.2, 0.25) is 0 Å². The normalized spacial score (nSPS) is 15.1. The number of hydrogen-bond donors (Lipinski definition) is 2. The van der Waals surface area contributed by atoms with Crippen molar-refractivity contribution in [1.29, 1.82) is 0 Å². The minimum atomic E-state index is -0.188. The first-order valence-corrected chi connectivity index (χ1v) is 11.3. The molecule has 0 saturated carbocycles. The second-order valence-corrected chi connectivity index (χ2v) is 9.05. The van der Waals surface area contributed by atoms with Gasteiger partial charge in [0.2, 0.25) is 5.91 Å². The molecule has 0 spiro atoms. The van der Waals surface area contributed by atoms with Crippen LogP contribution in [0.3, 0.4) is 0 Å². The Balaban J connectivity index is 1.58. The lowest BCUT2D eigenvalue weighted by atomic mass is 9.88. The van der Waals surface area contributed by atoms with Crippen LogP contribution < -0.4 is 15.4 Å². The molecule has 160 valence electrons. The van der Waals surface area contributed by atoms with Crippen LogP contribution in [0.4, 0.5) is 10.7 Å². The van der Waals surface area contributed by atoms with Gasteiger partial charge in [0.25, 0.3) is 5.91 Å². The van der Waals surface area contributed by atoms with Crippen molar-refractivity contribution in [3.05, 3.63) is 76.2 Å². The van der Waals surface area contributed by atoms with Gasteiger partial charge in [0.15, 0.2) is 0 Å². The first-order chi connectivity index (χ1) is 15.0. The lowest BCUT2D eigenvalue weighted by Crippen LogP contribution is -2.20. The molecule has 0 fully saturated rings. The average Bonchev–Trinajstić information content (AvgIpc) is 3.11. The van der Waals surface area contributed by atoms with E-state index < -0.39 is 0 Å². The highest BCUT2D eigenvalue weighted by Gasteiger charge is 2.28. The summed E-state index contributed by atoms with van der Waals surface area (Å²) in [6, 6.07) is 16.9. The van der Waals surface area contributed by atoms with Crippen LogP contribution in [0.15, 0.2) is 54.6 Å². The van der Waals surface area contributed by atoms with E-state index in [9.17, 15) is 9.59 Å². The zero-order valence-electron chi connectivity index (χ0n) is 17.7. The molecule has 0 unspecified atom stereocenters. The van der Waals surface area contributed by atoms with Crippen molar-refractivity contribution in [2.45, 2.75) is 32.6 Å². The lowest BCUT2D eigenvalue weighted by Gasteiger charge is -2.18. The predicted molar refractivity (Wildman–Crippen MR) is 125 cm³/mol. The molecule has 1 aromatic heterocycles. The first kappa shape index (κ1) is 21.1. The van der Waals surface area contributed by atoms with Crippen LogP contribution >= 0.6 is 11.3 Å². The molecule has 2 amide bonds. The highest BCUT2D eigenvalue weighted by Crippen LogP contribution is 2.40. The smallest absolute Gasteiger partial charge is 0.258 e. The van der Waals surface area contributed by atoms with Crippen LogP contribution in [0.25, 0.3) is 0 Å². The number of amides is 2. The summed E-state index contributed by atoms with van der Waals surface area (Å²) in [5.41, 5.74) is 3.31. The third kappa shape index (κ3) is 4.97. The Bertz CT molecular complexity index is 1070. The van der Waals surface area contributed by atoms with Crippen molar-refractivity contribution in [3.63, 3.8) is 0 Å². The van der Waals surface area contributed by atoms with Gasteiger partial charge in [0, 0.05) is 10.6 Å². The number of carbonyl (C=O) groups excluding carboxylic acids is 2. The molecular weight excluding hydrogens is 408 g/mol. The monoisotopic (exact) mass is 434 g/mol. The van der Waals surface area contributed by atoms with Gasteiger partial charge >= 0.3 is 0 Å². The van der Waals surface area contributed by atoms with Crippen LogP contribution in [0.1, 0.15) is 39.7 Å². The molecule has 1 heterocycles. The van der Waals surface area contributed by atoms with E-state index in [0.717, 1.165) is 36.1 Å². The molecule has 4 rings (SSSR count). The van der Waals surface area contributed by atoms with Crippen LogP contribution in [-0.4, -0.2) is 18.9 Å². The molecular formula is C25H26N2O3S. The molecule has 6 heteroatoms. The van der Waals surface area contributed by atoms with E-state index in [1.165, 1.54) is 16.2 Å². The number of anilines is 2. The number of methoxy groups -OCH3 is 1. The van der Waals surface area contributed by atoms with E-state index in [0.29, 0.717) is 22.2 Å². The van der Waals surface area contributed by atoms with Crippen molar-refractivity contribution >= 4 is 33.8 Å². The number of fused-ring (bicyclic) bond motifs is 1. The quantitative estimate of drug-likeness (QED) is 0.552. The largest absolute Gasteiger partial charge is 0.497 e. The van der Waals surface area contributed by atoms with Crippen molar-refractivity contribution < 1.29 is 14.3 Å². The maximum atomic E-state index is 13.3. The van der Waals surface area contributed by atoms with Gasteiger partial charge in [-0.2, -0.15) is 0 Å². The maximum Gasteiger partial charge on any atom is 0.258 e. The Labute approximate surface area is 186 Å². The average molecular weight is 435 g/mol. The second kappa shape index (κ2) is 9.35. The molecule has 0 saturated heterocycles. The summed E-state index contributed by atoms with van der Waals surface area (Å²) < 4.78 is 5.18. The molecule has 31 heavy (non-hydrogen) atoms. The highest BCUT2D eigenvalue weighted by atomic mass is 32.1. The minimum absolute atomic E-state index is 0.114. The Hall–Kier alpha value is -3.12. The number of carbonyl (C=O) groups is 2. The fourth-order valence-electron chi connectivity index (χ4n) is 3.90. The summed E-state index contributed by atoms with van der Waals surface area (Å²) in [6.07, 6.45) is 3.12. The van der Waals surface area contributed by atoms with Gasteiger partial charge in [-0.1, -0.05) is 37.3 Å². The van der Waals surface area contributed by atoms with Gasteiger partial charge in [-0.15, -0.1) is 11.3 Å². The summed E-state index contributed by atoms with van der Waals surface area (Å²) >= 11 is 1.54. The third-order valence-electron chi connectivity index (χ3n) is 5.55. The fourth-order valence-corrected chi connectivity index (χ4v) is 5.32. The molecule has 2 N–H and O–H groups in total. The number of benzene rings is 2. The van der Waals surface area contributed by atoms with E-state index in [2.05, 4.69) is 17.6 Å². The van der Waals surface area contributed by atoms with Crippen LogP contribution in [0.5, 0.6) is 5.75 Å². The van der Waals surface area contributed by atoms with Gasteiger partial charge in [-0.25, -0.2) is 0 Å². The predicted octanol–water partition coefficient (Wildman–Crippen LogP) is 5.32. The SMILES string of the molecule is COc1ccc(NC(=O)c2c(NC(=O)Cc3ccccc3)sc3c2CC[C@H](C)C3)cc1. The van der Waals surface area contributed by atoms with Gasteiger partial charge in [-0.3, -0.25) is 9.59 Å². The van der Waals surface area contributed by atoms with Crippen molar-refractivity contribution in [2.75, 3.05) is 17.7 Å². The Morgan fingerprint density at radius 3 is 2.52 bits per heavy atom. The molecule has 1 aliphatic rings. The number of thiophene rings is 1. The van der Waals surface area contributed by atoms with Gasteiger partial charge < -0.3 is 15.4 Å². The summed E-state index contributed by atoms with van der Waals surface area (Å²) in [6.45, 7) is 2.23. The summed E-state index contributed by atoms with van der Waals surface area (Å²) in [5, 5.41) is 6.64. The molecule has 0 bridgehead atoms. The maximum absolute atomic E-state index is 13.3. The molecule has 5 nitrogen and oxygen atoms in total. The van der Waals surface area contributed by atoms with E-state index in [4.69, 9.17) is 4.74 Å². The van der Waals surface area contributed by atoms with Crippen LogP contribution in [0, 0.1) is 5.92 Å². The number of rotatable bonds is 6. The number of ether oxygens (including phenoxy) is 1. The molecule has 3 aromatic rings. The lowest BCUT2D eigenvalue weighted by molar-refractivity contribution is -0.115. The van der Waals surface area contributed by atoms with Gasteiger partial charge in [-0.05, 0) is 60.6 Å².